The van der Waals surface area contributed by atoms with Crippen LogP contribution in [0.2, 0.25) is 0 Å². The van der Waals surface area contributed by atoms with Gasteiger partial charge in [0.1, 0.15) is 34.5 Å². The molecule has 0 heterocycles. The molecule has 0 saturated heterocycles. The van der Waals surface area contributed by atoms with Crippen LogP contribution in [0, 0.1) is 41.5 Å². The molecule has 0 aliphatic heterocycles. The molecular weight excluding hydrogens is 2450 g/mol. The molecule has 0 aromatic heterocycles. The van der Waals surface area contributed by atoms with E-state index >= 15 is 0 Å². The number of halogens is 12. The summed E-state index contributed by atoms with van der Waals surface area (Å²) >= 11 is -4.95. The first-order chi connectivity index (χ1) is 65.3. The van der Waals surface area contributed by atoms with Crippen molar-refractivity contribution in [3.63, 3.8) is 0 Å². The van der Waals surface area contributed by atoms with E-state index in [1.54, 1.807) is 79.6 Å². The molecule has 0 fully saturated rings. The first kappa shape index (κ1) is 132. The summed E-state index contributed by atoms with van der Waals surface area (Å²) in [5.74, 6) is 1.89. The number of phenols is 6. The fourth-order valence-corrected chi connectivity index (χ4v) is 15.2. The van der Waals surface area contributed by atoms with Gasteiger partial charge in [0.15, 0.2) is 0 Å². The van der Waals surface area contributed by atoms with Crippen LogP contribution in [0.3, 0.4) is 0 Å². The van der Waals surface area contributed by atoms with Crippen molar-refractivity contribution >= 4 is 139 Å². The fraction of sp³-hybridized carbons (Fsp3) is 0.278. The van der Waals surface area contributed by atoms with Gasteiger partial charge in [-0.05, 0) is 145 Å². The zero-order valence-electron chi connectivity index (χ0n) is 82.6. The van der Waals surface area contributed by atoms with Crippen LogP contribution in [0.4, 0.5) is 0 Å². The molecule has 12 rings (SSSR count). The molecule has 12 aromatic rings. The Morgan fingerprint density at radius 3 is 0.370 bits per heavy atom. The molecule has 0 aliphatic rings. The van der Waals surface area contributed by atoms with Crippen molar-refractivity contribution in [2.45, 2.75) is 157 Å². The van der Waals surface area contributed by atoms with Gasteiger partial charge in [0, 0.05) is 179 Å². The van der Waals surface area contributed by atoms with Crippen molar-refractivity contribution in [3.05, 3.63) is 388 Å². The maximum atomic E-state index is 10.6. The summed E-state index contributed by atoms with van der Waals surface area (Å²) in [6, 6.07) is 85.5. The molecular formula is C108H126Cl12N6O6Zr6. The predicted octanol–water partition coefficient (Wildman–Crippen LogP) is 32.7. The van der Waals surface area contributed by atoms with Gasteiger partial charge in [0.05, 0.1) is 0 Å². The predicted molar refractivity (Wildman–Crippen MR) is 580 cm³/mol. The van der Waals surface area contributed by atoms with E-state index in [1.807, 2.05) is 187 Å². The molecule has 30 heteroatoms. The SMILES string of the molecule is CN=Cc1cc(C)cc(C(C)(C)c2ccccc2)c1O.CN=Cc1cc(C)cc(C(C)(C)c2ccccc2)c1O.CN=Cc1cc(C)cc(C(C)(C)c2ccccc2)c1O.CN=Cc1cc(C)cc(C(C)(C)c2ccccc2)c1O.CN=Cc1cc(C)cc(C(C)(C)c2ccccc2)c1O.CN=Cc1cc(C)cc(C(C)(C)c2ccccc2)c1O.[Cl][Zr][Cl].[Cl][Zr][Cl].[Cl][Zr][Cl].[Cl][Zr][Cl].[Cl][Zr][Cl].[Cl][Zr][Cl]. The van der Waals surface area contributed by atoms with Crippen molar-refractivity contribution < 1.29 is 156 Å². The Morgan fingerprint density at radius 2 is 0.283 bits per heavy atom. The van der Waals surface area contributed by atoms with Crippen LogP contribution in [0.1, 0.15) is 217 Å². The first-order valence-electron chi connectivity index (χ1n) is 43.0. The van der Waals surface area contributed by atoms with Gasteiger partial charge in [-0.3, -0.25) is 30.0 Å². The second-order valence-corrected chi connectivity index (χ2v) is 56.6. The average molecular weight is 2580 g/mol. The van der Waals surface area contributed by atoms with Crippen LogP contribution in [0.15, 0.2) is 285 Å². The van der Waals surface area contributed by atoms with E-state index in [0.717, 1.165) is 100 Å². The molecule has 138 heavy (non-hydrogen) atoms. The van der Waals surface area contributed by atoms with Gasteiger partial charge in [0.25, 0.3) is 0 Å². The molecule has 0 atom stereocenters. The van der Waals surface area contributed by atoms with Gasteiger partial charge >= 0.3 is 227 Å². The Kier molecular flexibility index (Phi) is 67.2. The van der Waals surface area contributed by atoms with Crippen LogP contribution in [-0.4, -0.2) is 110 Å². The zero-order chi connectivity index (χ0) is 105. The molecule has 732 valence electrons. The third-order valence-corrected chi connectivity index (χ3v) is 22.3. The van der Waals surface area contributed by atoms with E-state index in [4.69, 9.17) is 102 Å². The van der Waals surface area contributed by atoms with Crippen LogP contribution in [-0.2, 0) is 158 Å². The minimum absolute atomic E-state index is 0.256. The Labute approximate surface area is 934 Å². The third-order valence-electron chi connectivity index (χ3n) is 22.3. The summed E-state index contributed by atoms with van der Waals surface area (Å²) in [7, 11) is 69.5. The van der Waals surface area contributed by atoms with Gasteiger partial charge in [0.2, 0.25) is 0 Å². The molecule has 0 unspecified atom stereocenters. The minimum atomic E-state index is -0.826. The van der Waals surface area contributed by atoms with Crippen molar-refractivity contribution in [2.24, 2.45) is 30.0 Å². The van der Waals surface area contributed by atoms with E-state index in [0.29, 0.717) is 34.5 Å². The standard InChI is InChI=1S/6C18H21NO.12ClH.6Zr/c6*1-13-10-14(12-19-4)17(20)16(11-13)18(2,3)15-8-6-5-7-9-15;;;;;;;;;;;;;;;;;;/h6*5-12,20H,1-4H3;12*1H;;;;;;/q;;;;;;;;;;;;;;;;;;6*+2/p-12. The topological polar surface area (TPSA) is 196 Å². The van der Waals surface area contributed by atoms with Gasteiger partial charge in [-0.25, -0.2) is 0 Å². The molecule has 0 radical (unpaired) electrons. The molecule has 0 saturated carbocycles. The number of aryl methyl sites for hydroxylation is 6. The third kappa shape index (κ3) is 43.0. The summed E-state index contributed by atoms with van der Waals surface area (Å²) in [5, 5.41) is 63.3. The normalized spacial score (nSPS) is 11.0. The molecule has 12 aromatic carbocycles. The summed E-state index contributed by atoms with van der Waals surface area (Å²) in [6.45, 7) is 37.8. The van der Waals surface area contributed by atoms with Crippen LogP contribution in [0.5, 0.6) is 34.5 Å². The second-order valence-electron chi connectivity index (χ2n) is 34.2. The first-order valence-corrected chi connectivity index (χ1v) is 80.9. The summed E-state index contributed by atoms with van der Waals surface area (Å²) in [4.78, 5) is 24.1. The van der Waals surface area contributed by atoms with Crippen molar-refractivity contribution in [3.8, 4) is 34.5 Å². The Bertz CT molecular complexity index is 4850. The Hall–Kier alpha value is -3.76. The number of aromatic hydroxyl groups is 6. The Morgan fingerprint density at radius 1 is 0.188 bits per heavy atom. The number of hydrogen-bond donors (Lipinski definition) is 6. The van der Waals surface area contributed by atoms with Crippen molar-refractivity contribution in [1.29, 1.82) is 0 Å². The van der Waals surface area contributed by atoms with Gasteiger partial charge in [-0.2, -0.15) is 0 Å². The summed E-state index contributed by atoms with van der Waals surface area (Å²) in [6.07, 6.45) is 10.2. The number of benzene rings is 12. The van der Waals surface area contributed by atoms with E-state index < -0.39 is 125 Å². The maximum absolute atomic E-state index is 10.6. The van der Waals surface area contributed by atoms with Crippen LogP contribution < -0.4 is 0 Å². The molecule has 12 nitrogen and oxygen atoms in total. The molecule has 0 aliphatic carbocycles. The summed E-state index contributed by atoms with van der Waals surface area (Å²) < 4.78 is 0. The number of rotatable bonds is 18. The van der Waals surface area contributed by atoms with E-state index in [2.05, 4.69) is 222 Å². The molecule has 0 spiro atoms. The average Bonchev–Trinajstić information content (AvgIpc) is 0.808. The van der Waals surface area contributed by atoms with Crippen LogP contribution >= 0.6 is 102 Å². The fourth-order valence-electron chi connectivity index (χ4n) is 15.2. The number of nitrogens with zero attached hydrogens (tertiary/aromatic N) is 6. The second kappa shape index (κ2) is 70.2. The van der Waals surface area contributed by atoms with Gasteiger partial charge in [-0.1, -0.05) is 301 Å². The van der Waals surface area contributed by atoms with Crippen molar-refractivity contribution in [2.75, 3.05) is 42.3 Å². The number of hydrogen-bond acceptors (Lipinski definition) is 12. The monoisotopic (exact) mass is 2560 g/mol. The number of aliphatic imine (C=N–C) groups is 6. The van der Waals surface area contributed by atoms with Gasteiger partial charge < -0.3 is 30.6 Å². The zero-order valence-corrected chi connectivity index (χ0v) is 106. The van der Waals surface area contributed by atoms with E-state index in [9.17, 15) is 30.6 Å². The summed E-state index contributed by atoms with van der Waals surface area (Å²) in [5.41, 5.74) is 22.5. The Balaban J connectivity index is 0.000000798. The van der Waals surface area contributed by atoms with E-state index in [1.165, 1.54) is 33.4 Å². The van der Waals surface area contributed by atoms with E-state index in [-0.39, 0.29) is 32.5 Å². The molecule has 6 N–H and O–H groups in total. The molecule has 0 amide bonds. The quantitative estimate of drug-likeness (QED) is 0.0462. The number of phenolic OH excluding ortho intramolecular Hbond substituents is 6. The van der Waals surface area contributed by atoms with Crippen LogP contribution in [0.25, 0.3) is 0 Å². The van der Waals surface area contributed by atoms with Crippen molar-refractivity contribution in [1.82, 2.24) is 0 Å². The van der Waals surface area contributed by atoms with Gasteiger partial charge in [-0.15, -0.1) is 0 Å². The molecule has 0 bridgehead atoms.